The molecule has 6 aromatic carbocycles. The van der Waals surface area contributed by atoms with E-state index in [0.717, 1.165) is 119 Å². The van der Waals surface area contributed by atoms with Gasteiger partial charge in [-0.2, -0.15) is 26.3 Å². The van der Waals surface area contributed by atoms with E-state index < -0.39 is 46.4 Å². The number of amides is 3. The molecule has 3 amide bonds. The van der Waals surface area contributed by atoms with Gasteiger partial charge in [-0.1, -0.05) is 135 Å². The fourth-order valence-electron chi connectivity index (χ4n) is 14.1. The second kappa shape index (κ2) is 33.7. The summed E-state index contributed by atoms with van der Waals surface area (Å²) in [5.74, 6) is -0.950. The molecule has 20 heteroatoms. The molecule has 97 heavy (non-hydrogen) atoms. The van der Waals surface area contributed by atoms with Crippen LogP contribution >= 0.6 is 0 Å². The van der Waals surface area contributed by atoms with Crippen LogP contribution in [-0.2, 0) is 71.2 Å². The first-order chi connectivity index (χ1) is 46.4. The Morgan fingerprint density at radius 2 is 1.28 bits per heavy atom. The summed E-state index contributed by atoms with van der Waals surface area (Å²) >= 11 is 0. The summed E-state index contributed by atoms with van der Waals surface area (Å²) in [5, 5.41) is 0. The number of likely N-dealkylation sites (tertiary alicyclic amines) is 2. The molecule has 1 aliphatic carbocycles. The van der Waals surface area contributed by atoms with Crippen LogP contribution in [0.4, 0.5) is 30.7 Å². The number of carbonyl (C=O) groups is 5. The summed E-state index contributed by atoms with van der Waals surface area (Å²) in [5.41, 5.74) is 3.60. The Kier molecular flexibility index (Phi) is 25.5. The average molecular weight is 1350 g/mol. The van der Waals surface area contributed by atoms with Crippen LogP contribution in [0.5, 0.6) is 0 Å². The highest BCUT2D eigenvalue weighted by Crippen LogP contribution is 2.50. The summed E-state index contributed by atoms with van der Waals surface area (Å²) in [6, 6.07) is 41.1. The Morgan fingerprint density at radius 1 is 0.649 bits per heavy atom. The number of aryl methyl sites for hydroxylation is 1. The quantitative estimate of drug-likeness (QED) is 0.0224. The Bertz CT molecular complexity index is 3560. The minimum absolute atomic E-state index is 0.00621. The summed E-state index contributed by atoms with van der Waals surface area (Å²) < 4.78 is 112. The van der Waals surface area contributed by atoms with Crippen LogP contribution in [0.1, 0.15) is 144 Å². The monoisotopic (exact) mass is 1350 g/mol. The third kappa shape index (κ3) is 19.8. The number of rotatable bonds is 26. The van der Waals surface area contributed by atoms with Crippen LogP contribution < -0.4 is 0 Å². The lowest BCUT2D eigenvalue weighted by molar-refractivity contribution is -0.150. The van der Waals surface area contributed by atoms with Gasteiger partial charge in [-0.05, 0) is 152 Å². The van der Waals surface area contributed by atoms with Crippen molar-refractivity contribution in [2.45, 2.75) is 133 Å². The maximum atomic E-state index is 13.9. The zero-order chi connectivity index (χ0) is 69.3. The molecule has 0 bridgehead atoms. The number of Topliss-reactive ketones (excluding diaryl/α,β-unsaturated/α-hetero) is 1. The SMILES string of the molecule is COCC(=O)N(C)CCCC(=O)c1ccc(CCCCCCC(=O)N(C)CCN2CCC(OC(=O)Cc3ccccc3-c3ccccc3)CC2)cc1.C[C@H]1Cc2ccccc2C12CCN(CC[C@@]1(c3ccc(F)cc3)CN(C(=O)c3cc(C(F)(F)F)cc(C(F)(F)F)c3)CO1)CC2. The van der Waals surface area contributed by atoms with Gasteiger partial charge < -0.3 is 38.7 Å². The number of unbranched alkanes of at least 4 members (excludes halogenated alkanes) is 3. The van der Waals surface area contributed by atoms with Crippen molar-refractivity contribution in [1.29, 1.82) is 0 Å². The number of benzene rings is 6. The van der Waals surface area contributed by atoms with Crippen molar-refractivity contribution in [2.75, 3.05) is 93.4 Å². The molecule has 2 atom stereocenters. The number of hydrogen-bond donors (Lipinski definition) is 0. The van der Waals surface area contributed by atoms with Gasteiger partial charge in [0.1, 0.15) is 30.9 Å². The van der Waals surface area contributed by atoms with Crippen LogP contribution in [-0.4, -0.2) is 154 Å². The van der Waals surface area contributed by atoms with Gasteiger partial charge in [-0.25, -0.2) is 4.39 Å². The van der Waals surface area contributed by atoms with Crippen LogP contribution in [0, 0.1) is 11.7 Å². The second-order valence-electron chi connectivity index (χ2n) is 26.5. The predicted molar refractivity (Wildman–Crippen MR) is 358 cm³/mol. The number of nitrogens with zero attached hydrogens (tertiary/aromatic N) is 5. The van der Waals surface area contributed by atoms with E-state index in [1.165, 1.54) is 48.1 Å². The van der Waals surface area contributed by atoms with Crippen LogP contribution in [0.2, 0.25) is 0 Å². The highest BCUT2D eigenvalue weighted by molar-refractivity contribution is 5.96. The number of methoxy groups -OCH3 is 1. The molecule has 520 valence electrons. The van der Waals surface area contributed by atoms with E-state index in [4.69, 9.17) is 14.2 Å². The normalized spacial score (nSPS) is 18.1. The lowest BCUT2D eigenvalue weighted by Gasteiger charge is -2.44. The van der Waals surface area contributed by atoms with Gasteiger partial charge >= 0.3 is 18.3 Å². The Balaban J connectivity index is 0.000000229. The fourth-order valence-corrected chi connectivity index (χ4v) is 14.1. The first-order valence-corrected chi connectivity index (χ1v) is 33.9. The number of ketones is 1. The van der Waals surface area contributed by atoms with Crippen molar-refractivity contribution < 1.29 is 68.9 Å². The molecule has 4 aliphatic rings. The molecule has 0 radical (unpaired) electrons. The number of alkyl halides is 6. The predicted octanol–water partition coefficient (Wildman–Crippen LogP) is 14.4. The lowest BCUT2D eigenvalue weighted by Crippen LogP contribution is -2.46. The smallest absolute Gasteiger partial charge is 0.416 e. The van der Waals surface area contributed by atoms with E-state index >= 15 is 0 Å². The number of halogens is 7. The van der Waals surface area contributed by atoms with E-state index in [9.17, 15) is 54.7 Å². The minimum Gasteiger partial charge on any atom is -0.462 e. The number of likely N-dealkylation sites (N-methyl/N-ethyl adjacent to an activating group) is 2. The molecule has 3 fully saturated rings. The average Bonchev–Trinajstić information content (AvgIpc) is 1.62. The van der Waals surface area contributed by atoms with Crippen molar-refractivity contribution in [1.82, 2.24) is 24.5 Å². The first-order valence-electron chi connectivity index (χ1n) is 33.9. The van der Waals surface area contributed by atoms with E-state index in [-0.39, 0.29) is 67.5 Å². The van der Waals surface area contributed by atoms with Gasteiger partial charge in [0.2, 0.25) is 11.8 Å². The van der Waals surface area contributed by atoms with Gasteiger partial charge in [0.05, 0.1) is 24.1 Å². The molecule has 3 saturated heterocycles. The number of fused-ring (bicyclic) bond motifs is 2. The standard InChI is InChI=1S/C43H57N3O6.C34H33F7N2O2/c1-44(42(49)33-51-3)27-13-19-40(47)36-23-21-34(22-24-36)14-7-4-5-10-20-41(48)45(2)30-31-46-28-25-38(26-29-46)52-43(50)32-37-17-11-12-18-39(37)35-15-8-6-9-16-35;1-22-16-23-4-2-3-5-29(23)31(22)10-13-42(14-11-31)15-12-32(25-6-8-28(35)9-7-25)20-43(21-45-32)30(44)24-17-26(33(36,37)38)19-27(18-24)34(39,40)41/h6,8-9,11-12,15-18,21-24,38H,4-5,7,10,13-14,19-20,25-33H2,1-3H3;2-9,17-19,22H,10-16,20-21H2,1H3/t;22-,32-/m.0/s1. The lowest BCUT2D eigenvalue weighted by atomic mass is 9.68. The number of carbonyl (C=O) groups excluding carboxylic acids is 5. The van der Waals surface area contributed by atoms with Crippen molar-refractivity contribution in [3.05, 3.63) is 201 Å². The Morgan fingerprint density at radius 3 is 1.96 bits per heavy atom. The third-order valence-electron chi connectivity index (χ3n) is 20.0. The topological polar surface area (TPSA) is 129 Å². The van der Waals surface area contributed by atoms with Gasteiger partial charge in [-0.3, -0.25) is 24.0 Å². The Hall–Kier alpha value is -7.78. The molecule has 0 N–H and O–H groups in total. The number of piperidine rings is 2. The number of hydrogen-bond acceptors (Lipinski definition) is 10. The molecule has 10 rings (SSSR count). The van der Waals surface area contributed by atoms with Crippen molar-refractivity contribution >= 4 is 29.5 Å². The second-order valence-corrected chi connectivity index (χ2v) is 26.5. The van der Waals surface area contributed by atoms with Crippen LogP contribution in [0.15, 0.2) is 146 Å². The molecule has 6 aromatic rings. The maximum absolute atomic E-state index is 13.9. The molecule has 0 aromatic heterocycles. The van der Waals surface area contributed by atoms with Crippen molar-refractivity contribution in [3.63, 3.8) is 0 Å². The Labute approximate surface area is 565 Å². The first kappa shape index (κ1) is 73.5. The molecular weight excluding hydrogens is 1260 g/mol. The summed E-state index contributed by atoms with van der Waals surface area (Å²) in [6.07, 6.45) is 1.61. The summed E-state index contributed by atoms with van der Waals surface area (Å²) in [6.45, 7) is 7.92. The highest BCUT2D eigenvalue weighted by atomic mass is 19.4. The van der Waals surface area contributed by atoms with E-state index in [2.05, 4.69) is 59.2 Å². The third-order valence-corrected chi connectivity index (χ3v) is 20.0. The van der Waals surface area contributed by atoms with E-state index in [0.29, 0.717) is 74.5 Å². The van der Waals surface area contributed by atoms with Gasteiger partial charge in [0.15, 0.2) is 5.78 Å². The molecular formula is C77H90F7N5O8. The molecule has 0 saturated carbocycles. The zero-order valence-electron chi connectivity index (χ0n) is 56.0. The number of ether oxygens (including phenoxy) is 3. The van der Waals surface area contributed by atoms with Crippen molar-refractivity contribution in [2.24, 2.45) is 5.92 Å². The summed E-state index contributed by atoms with van der Waals surface area (Å²) in [4.78, 5) is 72.5. The molecule has 3 heterocycles. The van der Waals surface area contributed by atoms with Gasteiger partial charge in [0.25, 0.3) is 5.91 Å². The van der Waals surface area contributed by atoms with Gasteiger partial charge in [-0.15, -0.1) is 0 Å². The summed E-state index contributed by atoms with van der Waals surface area (Å²) in [7, 11) is 5.11. The molecule has 1 spiro atoms. The molecule has 0 unspecified atom stereocenters. The van der Waals surface area contributed by atoms with E-state index in [1.54, 1.807) is 11.9 Å². The highest BCUT2D eigenvalue weighted by Gasteiger charge is 2.48. The fraction of sp³-hybridized carbons (Fsp3) is 0.468. The number of esters is 1. The zero-order valence-corrected chi connectivity index (χ0v) is 56.0. The molecule has 3 aliphatic heterocycles. The van der Waals surface area contributed by atoms with E-state index in [1.807, 2.05) is 72.6 Å². The molecule has 13 nitrogen and oxygen atoms in total. The van der Waals surface area contributed by atoms with Gasteiger partial charge in [0, 0.05) is 89.9 Å². The van der Waals surface area contributed by atoms with Crippen LogP contribution in [0.25, 0.3) is 11.1 Å². The largest absolute Gasteiger partial charge is 0.462 e. The van der Waals surface area contributed by atoms with Crippen LogP contribution in [0.3, 0.4) is 0 Å². The maximum Gasteiger partial charge on any atom is 0.416 e. The van der Waals surface area contributed by atoms with Crippen molar-refractivity contribution in [3.8, 4) is 11.1 Å². The minimum atomic E-state index is -5.08.